The third-order valence-electron chi connectivity index (χ3n) is 14.1. The van der Waals surface area contributed by atoms with Crippen LogP contribution in [0.25, 0.3) is 22.3 Å². The average Bonchev–Trinajstić information content (AvgIpc) is 3.89. The number of anilines is 1. The zero-order valence-electron chi connectivity index (χ0n) is 39.9. The van der Waals surface area contributed by atoms with Crippen molar-refractivity contribution in [2.24, 2.45) is 0 Å². The van der Waals surface area contributed by atoms with Crippen molar-refractivity contribution in [2.75, 3.05) is 63.8 Å². The van der Waals surface area contributed by atoms with Crippen molar-refractivity contribution in [2.45, 2.75) is 107 Å². The molecule has 5 aromatic rings. The van der Waals surface area contributed by atoms with E-state index in [-0.39, 0.29) is 30.7 Å². The summed E-state index contributed by atoms with van der Waals surface area (Å²) in [6, 6.07) is 21.8. The second kappa shape index (κ2) is 23.2. The number of nitrogens with two attached hydrogens (primary N) is 1. The van der Waals surface area contributed by atoms with Crippen LogP contribution in [0.2, 0.25) is 0 Å². The topological polar surface area (TPSA) is 189 Å². The van der Waals surface area contributed by atoms with Crippen molar-refractivity contribution in [3.63, 3.8) is 0 Å². The summed E-state index contributed by atoms with van der Waals surface area (Å²) in [5.41, 5.74) is 9.45. The number of piperazine rings is 1. The number of hydrogen-bond acceptors (Lipinski definition) is 13. The molecule has 3 aromatic carbocycles. The van der Waals surface area contributed by atoms with E-state index in [1.165, 1.54) is 44.9 Å². The lowest BCUT2D eigenvalue weighted by Gasteiger charge is -2.35. The molecule has 2 aromatic heterocycles. The number of thioether (sulfide) groups is 1. The van der Waals surface area contributed by atoms with Crippen LogP contribution in [0.4, 0.5) is 5.82 Å². The summed E-state index contributed by atoms with van der Waals surface area (Å²) >= 11 is 1.59. The van der Waals surface area contributed by atoms with Gasteiger partial charge in [0.05, 0.1) is 22.6 Å². The monoisotopic (exact) mass is 968 g/mol. The zero-order chi connectivity index (χ0) is 48.4. The standard InChI is InChI=1S/C53H64N10O6S/c54-49-47-48(37-21-23-40(24-22-37)69-39-16-8-7-9-17-39)58-63(50(47)56-36-55-49)38-15-13-29-61(35-38)45(65)20-14-28-60-32-30-59(31-33-60)27-10-5-3-1-2-4-6-11-34-70-43-19-12-18-41-46(43)53(68)62(52(41)67)42-25-26-44(64)57-51(42)66/h7-9,12,16-19,21-24,36,38,42H,1-6,10-11,13-15,20,25-35H2,(H2,54,55,56)(H,57,64,66)/t38-,42?/m1/s1. The Kier molecular flexibility index (Phi) is 16.2. The van der Waals surface area contributed by atoms with Crippen LogP contribution in [0, 0.1) is 0 Å². The molecule has 3 N–H and O–H groups in total. The first kappa shape index (κ1) is 48.8. The number of ether oxygens (including phenoxy) is 1. The normalized spacial score (nSPS) is 19.0. The number of amides is 5. The second-order valence-corrected chi connectivity index (χ2v) is 20.1. The molecule has 6 heterocycles. The molecule has 16 nitrogen and oxygen atoms in total. The number of nitrogens with zero attached hydrogens (tertiary/aromatic N) is 8. The van der Waals surface area contributed by atoms with Gasteiger partial charge in [-0.1, -0.05) is 62.8 Å². The van der Waals surface area contributed by atoms with Crippen molar-refractivity contribution in [3.05, 3.63) is 90.3 Å². The van der Waals surface area contributed by atoms with Gasteiger partial charge in [0.25, 0.3) is 11.8 Å². The van der Waals surface area contributed by atoms with E-state index in [0.29, 0.717) is 35.6 Å². The van der Waals surface area contributed by atoms with Crippen LogP contribution < -0.4 is 15.8 Å². The molecule has 368 valence electrons. The van der Waals surface area contributed by atoms with Crippen LogP contribution in [0.1, 0.15) is 117 Å². The molecular weight excluding hydrogens is 905 g/mol. The minimum Gasteiger partial charge on any atom is -0.457 e. The van der Waals surface area contributed by atoms with E-state index >= 15 is 0 Å². The lowest BCUT2D eigenvalue weighted by atomic mass is 10.0. The van der Waals surface area contributed by atoms with Gasteiger partial charge in [0.15, 0.2) is 5.65 Å². The Morgan fingerprint density at radius 2 is 1.44 bits per heavy atom. The van der Waals surface area contributed by atoms with Crippen LogP contribution >= 0.6 is 11.8 Å². The highest BCUT2D eigenvalue weighted by Crippen LogP contribution is 2.37. The highest BCUT2D eigenvalue weighted by Gasteiger charge is 2.45. The minimum atomic E-state index is -0.951. The predicted molar refractivity (Wildman–Crippen MR) is 269 cm³/mol. The molecule has 1 unspecified atom stereocenters. The number of piperidine rings is 2. The van der Waals surface area contributed by atoms with Crippen LogP contribution in [-0.2, 0) is 14.4 Å². The highest BCUT2D eigenvalue weighted by atomic mass is 32.2. The smallest absolute Gasteiger partial charge is 0.263 e. The fourth-order valence-electron chi connectivity index (χ4n) is 10.3. The molecule has 70 heavy (non-hydrogen) atoms. The molecule has 5 amide bonds. The molecule has 2 atom stereocenters. The highest BCUT2D eigenvalue weighted by molar-refractivity contribution is 7.99. The summed E-state index contributed by atoms with van der Waals surface area (Å²) in [6.45, 7) is 7.67. The number of carbonyl (C=O) groups is 5. The summed E-state index contributed by atoms with van der Waals surface area (Å²) in [4.78, 5) is 82.0. The summed E-state index contributed by atoms with van der Waals surface area (Å²) in [5, 5.41) is 8.05. The third-order valence-corrected chi connectivity index (χ3v) is 15.2. The number of unbranched alkanes of at least 4 members (excludes halogenated alkanes) is 7. The number of carbonyl (C=O) groups excluding carboxylic acids is 5. The Morgan fingerprint density at radius 1 is 0.743 bits per heavy atom. The van der Waals surface area contributed by atoms with E-state index in [4.69, 9.17) is 15.6 Å². The van der Waals surface area contributed by atoms with E-state index < -0.39 is 23.8 Å². The van der Waals surface area contributed by atoms with E-state index in [1.54, 1.807) is 23.9 Å². The Hall–Kier alpha value is -6.17. The Labute approximate surface area is 413 Å². The van der Waals surface area contributed by atoms with Gasteiger partial charge >= 0.3 is 0 Å². The number of hydrogen-bond donors (Lipinski definition) is 2. The summed E-state index contributed by atoms with van der Waals surface area (Å²) in [5.74, 6) is 1.05. The number of nitrogens with one attached hydrogen (secondary N) is 1. The van der Waals surface area contributed by atoms with Crippen LogP contribution in [0.3, 0.4) is 0 Å². The van der Waals surface area contributed by atoms with E-state index in [2.05, 4.69) is 25.1 Å². The van der Waals surface area contributed by atoms with Crippen molar-refractivity contribution in [3.8, 4) is 22.8 Å². The van der Waals surface area contributed by atoms with Gasteiger partial charge in [-0.15, -0.1) is 11.8 Å². The zero-order valence-corrected chi connectivity index (χ0v) is 40.8. The minimum absolute atomic E-state index is 0.0169. The molecule has 0 aliphatic carbocycles. The van der Waals surface area contributed by atoms with E-state index in [1.807, 2.05) is 70.2 Å². The van der Waals surface area contributed by atoms with Crippen molar-refractivity contribution in [1.82, 2.24) is 44.7 Å². The molecule has 3 fully saturated rings. The summed E-state index contributed by atoms with van der Waals surface area (Å²) in [6.07, 6.45) is 14.4. The number of imide groups is 2. The number of likely N-dealkylation sites (tertiary alicyclic amines) is 1. The Balaban J connectivity index is 0.626. The molecule has 9 rings (SSSR count). The predicted octanol–water partition coefficient (Wildman–Crippen LogP) is 7.74. The quantitative estimate of drug-likeness (QED) is 0.0413. The molecule has 4 aliphatic rings. The maximum absolute atomic E-state index is 13.6. The number of aromatic nitrogens is 4. The molecule has 0 saturated carbocycles. The van der Waals surface area contributed by atoms with Crippen LogP contribution in [0.5, 0.6) is 11.5 Å². The number of para-hydroxylation sites is 1. The fraction of sp³-hybridized carbons (Fsp3) is 0.472. The first-order chi connectivity index (χ1) is 34.2. The van der Waals surface area contributed by atoms with Gasteiger partial charge in [-0.2, -0.15) is 5.10 Å². The van der Waals surface area contributed by atoms with Gasteiger partial charge in [-0.05, 0) is 106 Å². The van der Waals surface area contributed by atoms with Gasteiger partial charge in [0.1, 0.15) is 35.4 Å². The van der Waals surface area contributed by atoms with Gasteiger partial charge in [-0.25, -0.2) is 14.6 Å². The maximum atomic E-state index is 13.6. The SMILES string of the molecule is Nc1ncnc2c1c(-c1ccc(Oc3ccccc3)cc1)nn2[C@@H]1CCCN(C(=O)CCCN2CCN(CCCCCCCCCCSc3cccc4c3C(=O)N(C3CCC(=O)NC3=O)C4=O)CC2)C1. The van der Waals surface area contributed by atoms with E-state index in [9.17, 15) is 24.0 Å². The summed E-state index contributed by atoms with van der Waals surface area (Å²) in [7, 11) is 0. The van der Waals surface area contributed by atoms with Gasteiger partial charge < -0.3 is 25.2 Å². The molecule has 4 aliphatic heterocycles. The molecule has 17 heteroatoms. The van der Waals surface area contributed by atoms with Crippen LogP contribution in [-0.4, -0.2) is 133 Å². The first-order valence-electron chi connectivity index (χ1n) is 25.2. The molecule has 0 radical (unpaired) electrons. The molecular formula is C53H64N10O6S. The van der Waals surface area contributed by atoms with Gasteiger partial charge in [0, 0.05) is 62.6 Å². The maximum Gasteiger partial charge on any atom is 0.263 e. The second-order valence-electron chi connectivity index (χ2n) is 18.9. The Morgan fingerprint density at radius 3 is 2.19 bits per heavy atom. The largest absolute Gasteiger partial charge is 0.457 e. The fourth-order valence-corrected chi connectivity index (χ4v) is 11.4. The van der Waals surface area contributed by atoms with Gasteiger partial charge in [-0.3, -0.25) is 34.2 Å². The van der Waals surface area contributed by atoms with E-state index in [0.717, 1.165) is 122 Å². The molecule has 0 bridgehead atoms. The number of nitrogen functional groups attached to an aromatic ring is 1. The van der Waals surface area contributed by atoms with Crippen molar-refractivity contribution in [1.29, 1.82) is 0 Å². The lowest BCUT2D eigenvalue weighted by Crippen LogP contribution is -2.54. The third kappa shape index (κ3) is 11.5. The number of fused-ring (bicyclic) bond motifs is 2. The molecule has 3 saturated heterocycles. The van der Waals surface area contributed by atoms with Crippen molar-refractivity contribution >= 4 is 58.1 Å². The first-order valence-corrected chi connectivity index (χ1v) is 26.2. The molecule has 0 spiro atoms. The number of benzene rings is 3. The lowest BCUT2D eigenvalue weighted by molar-refractivity contribution is -0.136. The summed E-state index contributed by atoms with van der Waals surface area (Å²) < 4.78 is 7.97. The van der Waals surface area contributed by atoms with Gasteiger partial charge in [0.2, 0.25) is 17.7 Å². The van der Waals surface area contributed by atoms with Crippen molar-refractivity contribution < 1.29 is 28.7 Å². The van der Waals surface area contributed by atoms with Crippen LogP contribution in [0.15, 0.2) is 84.0 Å². The number of rotatable bonds is 21. The Bertz CT molecular complexity index is 2650. The average molecular weight is 969 g/mol.